The van der Waals surface area contributed by atoms with E-state index in [0.717, 1.165) is 17.5 Å². The van der Waals surface area contributed by atoms with E-state index in [9.17, 15) is 4.79 Å². The highest BCUT2D eigenvalue weighted by molar-refractivity contribution is 6.23. The standard InChI is InChI=1S/C18H19ClO2/c1-3-18(2,19)16-11-9-15(10-12-16)17(20)21-13-14-7-5-4-6-8-14/h4-12H,3,13H2,1-2H3. The van der Waals surface area contributed by atoms with E-state index in [1.54, 1.807) is 12.1 Å². The van der Waals surface area contributed by atoms with E-state index in [4.69, 9.17) is 16.3 Å². The molecule has 0 N–H and O–H groups in total. The molecule has 0 amide bonds. The van der Waals surface area contributed by atoms with Crippen molar-refractivity contribution in [1.82, 2.24) is 0 Å². The molecule has 0 saturated heterocycles. The molecule has 0 bridgehead atoms. The van der Waals surface area contributed by atoms with Crippen molar-refractivity contribution in [2.24, 2.45) is 0 Å². The summed E-state index contributed by atoms with van der Waals surface area (Å²) < 4.78 is 5.29. The number of carbonyl (C=O) groups is 1. The SMILES string of the molecule is CCC(C)(Cl)c1ccc(C(=O)OCc2ccccc2)cc1. The fraction of sp³-hybridized carbons (Fsp3) is 0.278. The molecule has 0 heterocycles. The summed E-state index contributed by atoms with van der Waals surface area (Å²) >= 11 is 6.40. The van der Waals surface area contributed by atoms with Crippen LogP contribution in [0.15, 0.2) is 54.6 Å². The fourth-order valence-corrected chi connectivity index (χ4v) is 2.09. The Hall–Kier alpha value is -1.80. The quantitative estimate of drug-likeness (QED) is 0.579. The Balaban J connectivity index is 2.00. The first kappa shape index (κ1) is 15.6. The summed E-state index contributed by atoms with van der Waals surface area (Å²) in [4.78, 5) is 11.6. The average molecular weight is 303 g/mol. The van der Waals surface area contributed by atoms with Crippen LogP contribution in [0.4, 0.5) is 0 Å². The number of hydrogen-bond donors (Lipinski definition) is 0. The van der Waals surface area contributed by atoms with Crippen LogP contribution in [0.25, 0.3) is 0 Å². The minimum absolute atomic E-state index is 0.281. The van der Waals surface area contributed by atoms with Crippen molar-refractivity contribution in [1.29, 1.82) is 0 Å². The molecule has 3 heteroatoms. The summed E-state index contributed by atoms with van der Waals surface area (Å²) in [6.45, 7) is 4.29. The van der Waals surface area contributed by atoms with Gasteiger partial charge in [-0.05, 0) is 36.6 Å². The van der Waals surface area contributed by atoms with Crippen LogP contribution in [0.3, 0.4) is 0 Å². The third-order valence-electron chi connectivity index (χ3n) is 3.60. The molecule has 2 aromatic rings. The van der Waals surface area contributed by atoms with Gasteiger partial charge in [0.1, 0.15) is 6.61 Å². The zero-order valence-electron chi connectivity index (χ0n) is 12.3. The van der Waals surface area contributed by atoms with Crippen LogP contribution in [-0.4, -0.2) is 5.97 Å². The highest BCUT2D eigenvalue weighted by atomic mass is 35.5. The van der Waals surface area contributed by atoms with Crippen LogP contribution in [-0.2, 0) is 16.2 Å². The van der Waals surface area contributed by atoms with Crippen molar-refractivity contribution in [3.63, 3.8) is 0 Å². The maximum atomic E-state index is 12.0. The minimum atomic E-state index is -0.396. The normalized spacial score (nSPS) is 13.5. The van der Waals surface area contributed by atoms with Gasteiger partial charge in [-0.3, -0.25) is 0 Å². The first-order valence-electron chi connectivity index (χ1n) is 7.03. The van der Waals surface area contributed by atoms with Crippen LogP contribution in [0.5, 0.6) is 0 Å². The van der Waals surface area contributed by atoms with Gasteiger partial charge in [0.2, 0.25) is 0 Å². The Morgan fingerprint density at radius 1 is 1.10 bits per heavy atom. The van der Waals surface area contributed by atoms with Crippen LogP contribution < -0.4 is 0 Å². The molecule has 2 rings (SSSR count). The molecule has 0 radical (unpaired) electrons. The maximum Gasteiger partial charge on any atom is 0.338 e. The summed E-state index contributed by atoms with van der Waals surface area (Å²) in [6.07, 6.45) is 0.826. The van der Waals surface area contributed by atoms with E-state index in [2.05, 4.69) is 0 Å². The minimum Gasteiger partial charge on any atom is -0.457 e. The second-order valence-corrected chi connectivity index (χ2v) is 6.02. The van der Waals surface area contributed by atoms with E-state index in [1.807, 2.05) is 56.3 Å². The van der Waals surface area contributed by atoms with Gasteiger partial charge in [-0.25, -0.2) is 4.79 Å². The summed E-state index contributed by atoms with van der Waals surface area (Å²) in [5, 5.41) is 0. The lowest BCUT2D eigenvalue weighted by Gasteiger charge is -2.20. The van der Waals surface area contributed by atoms with Crippen molar-refractivity contribution in [3.05, 3.63) is 71.3 Å². The van der Waals surface area contributed by atoms with Gasteiger partial charge in [0, 0.05) is 0 Å². The molecular weight excluding hydrogens is 284 g/mol. The molecule has 2 aromatic carbocycles. The van der Waals surface area contributed by atoms with Crippen LogP contribution >= 0.6 is 11.6 Å². The zero-order chi connectivity index (χ0) is 15.3. The first-order chi connectivity index (χ1) is 10.0. The summed E-state index contributed by atoms with van der Waals surface area (Å²) in [6, 6.07) is 16.9. The van der Waals surface area contributed by atoms with Gasteiger partial charge in [0.25, 0.3) is 0 Å². The third-order valence-corrected chi connectivity index (χ3v) is 4.08. The van der Waals surface area contributed by atoms with Gasteiger partial charge < -0.3 is 4.74 Å². The Bertz CT molecular complexity index is 588. The van der Waals surface area contributed by atoms with Crippen LogP contribution in [0.2, 0.25) is 0 Å². The van der Waals surface area contributed by atoms with Crippen molar-refractivity contribution < 1.29 is 9.53 Å². The number of ether oxygens (including phenoxy) is 1. The van der Waals surface area contributed by atoms with Gasteiger partial charge in [-0.15, -0.1) is 11.6 Å². The molecule has 0 fully saturated rings. The van der Waals surface area contributed by atoms with E-state index >= 15 is 0 Å². The van der Waals surface area contributed by atoms with Crippen molar-refractivity contribution in [2.45, 2.75) is 31.7 Å². The van der Waals surface area contributed by atoms with Crippen molar-refractivity contribution in [2.75, 3.05) is 0 Å². The highest BCUT2D eigenvalue weighted by Crippen LogP contribution is 2.31. The summed E-state index contributed by atoms with van der Waals surface area (Å²) in [5.41, 5.74) is 2.52. The molecule has 110 valence electrons. The topological polar surface area (TPSA) is 26.3 Å². The van der Waals surface area contributed by atoms with E-state index in [1.165, 1.54) is 0 Å². The number of hydrogen-bond acceptors (Lipinski definition) is 2. The molecule has 1 atom stereocenters. The van der Waals surface area contributed by atoms with Gasteiger partial charge in [0.15, 0.2) is 0 Å². The third kappa shape index (κ3) is 4.08. The van der Waals surface area contributed by atoms with E-state index in [-0.39, 0.29) is 12.6 Å². The predicted octanol–water partition coefficient (Wildman–Crippen LogP) is 4.91. The number of benzene rings is 2. The molecule has 0 aliphatic heterocycles. The second kappa shape index (κ2) is 6.77. The number of rotatable bonds is 5. The Kier molecular flexibility index (Phi) is 5.03. The average Bonchev–Trinajstić information content (AvgIpc) is 2.53. The van der Waals surface area contributed by atoms with Gasteiger partial charge in [-0.1, -0.05) is 49.4 Å². The number of carbonyl (C=O) groups excluding carboxylic acids is 1. The molecular formula is C18H19ClO2. The van der Waals surface area contributed by atoms with Crippen LogP contribution in [0.1, 0.15) is 41.8 Å². The zero-order valence-corrected chi connectivity index (χ0v) is 13.1. The Labute approximate surface area is 130 Å². The van der Waals surface area contributed by atoms with Crippen LogP contribution in [0, 0.1) is 0 Å². The molecule has 2 nitrogen and oxygen atoms in total. The van der Waals surface area contributed by atoms with E-state index < -0.39 is 4.87 Å². The fourth-order valence-electron chi connectivity index (χ4n) is 1.96. The Morgan fingerprint density at radius 3 is 2.29 bits per heavy atom. The molecule has 0 spiro atoms. The lowest BCUT2D eigenvalue weighted by molar-refractivity contribution is 0.0472. The van der Waals surface area contributed by atoms with Gasteiger partial charge in [-0.2, -0.15) is 0 Å². The summed E-state index contributed by atoms with van der Waals surface area (Å²) in [5.74, 6) is -0.321. The molecule has 21 heavy (non-hydrogen) atoms. The molecule has 0 aromatic heterocycles. The summed E-state index contributed by atoms with van der Waals surface area (Å²) in [7, 11) is 0. The Morgan fingerprint density at radius 2 is 1.71 bits per heavy atom. The molecule has 0 saturated carbocycles. The monoisotopic (exact) mass is 302 g/mol. The largest absolute Gasteiger partial charge is 0.457 e. The maximum absolute atomic E-state index is 12.0. The predicted molar refractivity (Wildman–Crippen MR) is 85.5 cm³/mol. The molecule has 1 unspecified atom stereocenters. The highest BCUT2D eigenvalue weighted by Gasteiger charge is 2.21. The van der Waals surface area contributed by atoms with Gasteiger partial charge >= 0.3 is 5.97 Å². The smallest absolute Gasteiger partial charge is 0.338 e. The second-order valence-electron chi connectivity index (χ2n) is 5.19. The lowest BCUT2D eigenvalue weighted by atomic mass is 9.96. The number of alkyl halides is 1. The van der Waals surface area contributed by atoms with E-state index in [0.29, 0.717) is 5.56 Å². The number of halogens is 1. The van der Waals surface area contributed by atoms with Crippen molar-refractivity contribution in [3.8, 4) is 0 Å². The number of esters is 1. The lowest BCUT2D eigenvalue weighted by Crippen LogP contribution is -2.12. The van der Waals surface area contributed by atoms with Gasteiger partial charge in [0.05, 0.1) is 10.4 Å². The van der Waals surface area contributed by atoms with Crippen molar-refractivity contribution >= 4 is 17.6 Å². The first-order valence-corrected chi connectivity index (χ1v) is 7.41. The molecule has 0 aliphatic rings. The molecule has 0 aliphatic carbocycles.